The van der Waals surface area contributed by atoms with Crippen molar-refractivity contribution in [3.63, 3.8) is 0 Å². The quantitative estimate of drug-likeness (QED) is 0.543. The lowest BCUT2D eigenvalue weighted by molar-refractivity contribution is 0.102. The minimum Gasteiger partial charge on any atom is -0.346 e. The van der Waals surface area contributed by atoms with Gasteiger partial charge in [-0.15, -0.1) is 0 Å². The number of amides is 1. The van der Waals surface area contributed by atoms with Crippen molar-refractivity contribution < 1.29 is 9.18 Å². The molecule has 7 heteroatoms. The van der Waals surface area contributed by atoms with Crippen molar-refractivity contribution in [2.75, 3.05) is 5.32 Å². The monoisotopic (exact) mass is 380 g/mol. The Balaban J connectivity index is 1.47. The van der Waals surface area contributed by atoms with Crippen LogP contribution in [0.5, 0.6) is 0 Å². The number of rotatable bonds is 4. The number of nitrogens with one attached hydrogen (secondary N) is 2. The fourth-order valence-corrected chi connectivity index (χ4v) is 2.99. The first-order valence-electron chi connectivity index (χ1n) is 8.22. The third kappa shape index (κ3) is 3.66. The first kappa shape index (κ1) is 17.2. The average molecular weight is 381 g/mol. The van der Waals surface area contributed by atoms with E-state index in [9.17, 15) is 9.18 Å². The zero-order chi connectivity index (χ0) is 18.8. The molecule has 0 aliphatic carbocycles. The number of benzene rings is 1. The Labute approximate surface area is 159 Å². The molecular formula is C20H14ClFN4O. The van der Waals surface area contributed by atoms with Gasteiger partial charge >= 0.3 is 0 Å². The summed E-state index contributed by atoms with van der Waals surface area (Å²) in [5.74, 6) is -0.562. The Morgan fingerprint density at radius 3 is 2.85 bits per heavy atom. The minimum absolute atomic E-state index is 0.0980. The molecule has 0 aliphatic heterocycles. The standard InChI is InChI=1S/C20H14ClFN4O/c21-16-9-13(4-5-17(16)22)20(27)26-18-6-3-12(10-24-18)8-14-11-25-19-15(14)2-1-7-23-19/h1-7,9-11H,8H2,(H,23,25)(H,24,26,27). The van der Waals surface area contributed by atoms with Crippen LogP contribution in [0.2, 0.25) is 5.02 Å². The predicted octanol–water partition coefficient (Wildman–Crippen LogP) is 4.59. The maximum absolute atomic E-state index is 13.2. The van der Waals surface area contributed by atoms with Crippen LogP contribution < -0.4 is 5.32 Å². The average Bonchev–Trinajstić information content (AvgIpc) is 3.08. The molecular weight excluding hydrogens is 367 g/mol. The summed E-state index contributed by atoms with van der Waals surface area (Å²) in [4.78, 5) is 23.9. The van der Waals surface area contributed by atoms with E-state index in [1.54, 1.807) is 18.5 Å². The second-order valence-corrected chi connectivity index (χ2v) is 6.43. The Hall–Kier alpha value is -3.25. The van der Waals surface area contributed by atoms with Crippen LogP contribution in [-0.2, 0) is 6.42 Å². The second kappa shape index (κ2) is 7.17. The van der Waals surface area contributed by atoms with E-state index >= 15 is 0 Å². The first-order valence-corrected chi connectivity index (χ1v) is 8.60. The molecule has 27 heavy (non-hydrogen) atoms. The van der Waals surface area contributed by atoms with E-state index in [0.717, 1.165) is 28.2 Å². The number of anilines is 1. The predicted molar refractivity (Wildman–Crippen MR) is 102 cm³/mol. The van der Waals surface area contributed by atoms with Gasteiger partial charge in [-0.25, -0.2) is 14.4 Å². The number of pyridine rings is 2. The van der Waals surface area contributed by atoms with E-state index < -0.39 is 11.7 Å². The normalized spacial score (nSPS) is 10.9. The minimum atomic E-state index is -0.567. The van der Waals surface area contributed by atoms with E-state index in [1.807, 2.05) is 24.4 Å². The Bertz CT molecular complexity index is 1120. The molecule has 3 aromatic heterocycles. The molecule has 0 bridgehead atoms. The number of H-pyrrole nitrogens is 1. The Kier molecular flexibility index (Phi) is 4.56. The van der Waals surface area contributed by atoms with Crippen molar-refractivity contribution in [3.8, 4) is 0 Å². The molecule has 0 radical (unpaired) electrons. The number of carbonyl (C=O) groups is 1. The van der Waals surface area contributed by atoms with Gasteiger partial charge in [0.05, 0.1) is 5.02 Å². The maximum Gasteiger partial charge on any atom is 0.256 e. The highest BCUT2D eigenvalue weighted by Crippen LogP contribution is 2.20. The summed E-state index contributed by atoms with van der Waals surface area (Å²) in [6, 6.07) is 11.4. The van der Waals surface area contributed by atoms with Gasteiger partial charge in [0.2, 0.25) is 0 Å². The van der Waals surface area contributed by atoms with E-state index in [-0.39, 0.29) is 10.6 Å². The SMILES string of the molecule is O=C(Nc1ccc(Cc2c[nH]c3ncccc23)cn1)c1ccc(F)c(Cl)c1. The number of halogens is 2. The molecule has 0 spiro atoms. The van der Waals surface area contributed by atoms with Crippen molar-refractivity contribution in [1.82, 2.24) is 15.0 Å². The highest BCUT2D eigenvalue weighted by atomic mass is 35.5. The molecule has 2 N–H and O–H groups in total. The van der Waals surface area contributed by atoms with Gasteiger partial charge in [0.15, 0.2) is 0 Å². The van der Waals surface area contributed by atoms with Crippen LogP contribution in [0.25, 0.3) is 11.0 Å². The highest BCUT2D eigenvalue weighted by Gasteiger charge is 2.10. The van der Waals surface area contributed by atoms with Gasteiger partial charge in [0, 0.05) is 36.0 Å². The van der Waals surface area contributed by atoms with Crippen LogP contribution >= 0.6 is 11.6 Å². The molecule has 0 atom stereocenters. The van der Waals surface area contributed by atoms with Gasteiger partial charge in [-0.3, -0.25) is 4.79 Å². The maximum atomic E-state index is 13.2. The molecule has 134 valence electrons. The zero-order valence-electron chi connectivity index (χ0n) is 14.0. The van der Waals surface area contributed by atoms with Crippen molar-refractivity contribution in [2.24, 2.45) is 0 Å². The number of fused-ring (bicyclic) bond motifs is 1. The van der Waals surface area contributed by atoms with Crippen molar-refractivity contribution >= 4 is 34.4 Å². The van der Waals surface area contributed by atoms with Gasteiger partial charge in [0.1, 0.15) is 17.3 Å². The number of nitrogens with zero attached hydrogens (tertiary/aromatic N) is 2. The lowest BCUT2D eigenvalue weighted by Gasteiger charge is -2.06. The number of aromatic amines is 1. The van der Waals surface area contributed by atoms with Crippen molar-refractivity contribution in [3.05, 3.63) is 88.6 Å². The van der Waals surface area contributed by atoms with Crippen LogP contribution in [0.1, 0.15) is 21.5 Å². The largest absolute Gasteiger partial charge is 0.346 e. The van der Waals surface area contributed by atoms with Gasteiger partial charge in [-0.05, 0) is 47.5 Å². The summed E-state index contributed by atoms with van der Waals surface area (Å²) < 4.78 is 13.2. The highest BCUT2D eigenvalue weighted by molar-refractivity contribution is 6.31. The fourth-order valence-electron chi connectivity index (χ4n) is 2.81. The molecule has 4 aromatic rings. The Morgan fingerprint density at radius 1 is 1.19 bits per heavy atom. The van der Waals surface area contributed by atoms with Gasteiger partial charge in [0.25, 0.3) is 5.91 Å². The lowest BCUT2D eigenvalue weighted by Crippen LogP contribution is -2.13. The summed E-state index contributed by atoms with van der Waals surface area (Å²) in [6.45, 7) is 0. The molecule has 0 fully saturated rings. The van der Waals surface area contributed by atoms with E-state index in [1.165, 1.54) is 12.1 Å². The fraction of sp³-hybridized carbons (Fsp3) is 0.0500. The van der Waals surface area contributed by atoms with Crippen LogP contribution in [0.3, 0.4) is 0 Å². The van der Waals surface area contributed by atoms with Crippen LogP contribution in [0, 0.1) is 5.82 Å². The Morgan fingerprint density at radius 2 is 2.07 bits per heavy atom. The lowest BCUT2D eigenvalue weighted by atomic mass is 10.1. The van der Waals surface area contributed by atoms with E-state index in [0.29, 0.717) is 12.2 Å². The summed E-state index contributed by atoms with van der Waals surface area (Å²) in [5.41, 5.74) is 3.24. The molecule has 0 unspecified atom stereocenters. The number of hydrogen-bond donors (Lipinski definition) is 2. The number of aromatic nitrogens is 3. The molecule has 0 saturated heterocycles. The zero-order valence-corrected chi connectivity index (χ0v) is 14.8. The smallest absolute Gasteiger partial charge is 0.256 e. The van der Waals surface area contributed by atoms with Gasteiger partial charge in [-0.1, -0.05) is 17.7 Å². The molecule has 1 amide bonds. The number of carbonyl (C=O) groups excluding carboxylic acids is 1. The van der Waals surface area contributed by atoms with E-state index in [4.69, 9.17) is 11.6 Å². The third-order valence-electron chi connectivity index (χ3n) is 4.18. The summed E-state index contributed by atoms with van der Waals surface area (Å²) in [5, 5.41) is 3.65. The summed E-state index contributed by atoms with van der Waals surface area (Å²) in [6.07, 6.45) is 6.09. The molecule has 4 rings (SSSR count). The third-order valence-corrected chi connectivity index (χ3v) is 4.47. The molecule has 5 nitrogen and oxygen atoms in total. The molecule has 1 aromatic carbocycles. The number of hydrogen-bond acceptors (Lipinski definition) is 3. The van der Waals surface area contributed by atoms with Crippen molar-refractivity contribution in [2.45, 2.75) is 6.42 Å². The first-order chi connectivity index (χ1) is 13.1. The van der Waals surface area contributed by atoms with Crippen molar-refractivity contribution in [1.29, 1.82) is 0 Å². The topological polar surface area (TPSA) is 70.7 Å². The summed E-state index contributed by atoms with van der Waals surface area (Å²) >= 11 is 5.71. The van der Waals surface area contributed by atoms with Crippen LogP contribution in [0.15, 0.2) is 61.1 Å². The molecule has 0 aliphatic rings. The van der Waals surface area contributed by atoms with Crippen LogP contribution in [0.4, 0.5) is 10.2 Å². The molecule has 0 saturated carbocycles. The van der Waals surface area contributed by atoms with Gasteiger partial charge < -0.3 is 10.3 Å². The second-order valence-electron chi connectivity index (χ2n) is 6.02. The van der Waals surface area contributed by atoms with Crippen LogP contribution in [-0.4, -0.2) is 20.9 Å². The van der Waals surface area contributed by atoms with Gasteiger partial charge in [-0.2, -0.15) is 0 Å². The molecule has 3 heterocycles. The summed E-state index contributed by atoms with van der Waals surface area (Å²) in [7, 11) is 0. The van der Waals surface area contributed by atoms with E-state index in [2.05, 4.69) is 20.3 Å².